The summed E-state index contributed by atoms with van der Waals surface area (Å²) in [6.07, 6.45) is 5.24. The average molecular weight is 384 g/mol. The first kappa shape index (κ1) is 16.6. The van der Waals surface area contributed by atoms with Gasteiger partial charge < -0.3 is 0 Å². The molecule has 0 saturated carbocycles. The van der Waals surface area contributed by atoms with Crippen molar-refractivity contribution >= 4 is 46.1 Å². The zero-order chi connectivity index (χ0) is 18.1. The Morgan fingerprint density at radius 2 is 1.69 bits per heavy atom. The highest BCUT2D eigenvalue weighted by Crippen LogP contribution is 2.11. The number of aromatic nitrogens is 3. The van der Waals surface area contributed by atoms with Crippen LogP contribution in [0.15, 0.2) is 53.3 Å². The van der Waals surface area contributed by atoms with Crippen LogP contribution in [0, 0.1) is 5.82 Å². The molecule has 0 saturated heterocycles. The molecule has 0 bridgehead atoms. The molecule has 128 valence electrons. The summed E-state index contributed by atoms with van der Waals surface area (Å²) in [4.78, 5) is 17.3. The topological polar surface area (TPSA) is 47.3 Å². The van der Waals surface area contributed by atoms with Crippen LogP contribution in [0.1, 0.15) is 17.0 Å². The molecule has 2 aromatic heterocycles. The summed E-state index contributed by atoms with van der Waals surface area (Å²) in [5, 5.41) is 4.87. The Labute approximate surface area is 156 Å². The molecule has 0 spiro atoms. The maximum atomic E-state index is 12.9. The quantitative estimate of drug-likeness (QED) is 0.542. The summed E-state index contributed by atoms with van der Waals surface area (Å²) in [5.74, 6) is 0.138. The van der Waals surface area contributed by atoms with Gasteiger partial charge in [0.2, 0.25) is 4.96 Å². The predicted octanol–water partition coefficient (Wildman–Crippen LogP) is 3.66. The van der Waals surface area contributed by atoms with Gasteiger partial charge in [-0.05, 0) is 47.5 Å². The minimum absolute atomic E-state index is 0.214. The van der Waals surface area contributed by atoms with E-state index < -0.39 is 0 Å². The second kappa shape index (κ2) is 6.82. The normalized spacial score (nSPS) is 12.5. The van der Waals surface area contributed by atoms with Crippen molar-refractivity contribution in [1.82, 2.24) is 14.6 Å². The molecule has 0 radical (unpaired) electrons. The first-order chi connectivity index (χ1) is 12.6. The number of thiazole rings is 1. The highest BCUT2D eigenvalue weighted by Gasteiger charge is 2.08. The highest BCUT2D eigenvalue weighted by atomic mass is 35.5. The molecule has 0 aliphatic rings. The summed E-state index contributed by atoms with van der Waals surface area (Å²) < 4.78 is 14.8. The lowest BCUT2D eigenvalue weighted by Crippen LogP contribution is -2.23. The van der Waals surface area contributed by atoms with E-state index in [0.29, 0.717) is 20.3 Å². The van der Waals surface area contributed by atoms with Crippen LogP contribution in [-0.4, -0.2) is 14.6 Å². The third-order valence-corrected chi connectivity index (χ3v) is 4.87. The summed E-state index contributed by atoms with van der Waals surface area (Å²) in [7, 11) is 0. The minimum atomic E-state index is -0.289. The van der Waals surface area contributed by atoms with Gasteiger partial charge in [0.15, 0.2) is 5.82 Å². The van der Waals surface area contributed by atoms with Crippen molar-refractivity contribution in [3.05, 3.63) is 91.2 Å². The average Bonchev–Trinajstić information content (AvgIpc) is 3.16. The van der Waals surface area contributed by atoms with Crippen LogP contribution in [0.4, 0.5) is 4.39 Å². The predicted molar refractivity (Wildman–Crippen MR) is 103 cm³/mol. The zero-order valence-corrected chi connectivity index (χ0v) is 14.8. The number of fused-ring (bicyclic) bond motifs is 1. The van der Waals surface area contributed by atoms with Gasteiger partial charge in [0, 0.05) is 5.02 Å². The Balaban J connectivity index is 1.66. The first-order valence-corrected chi connectivity index (χ1v) is 8.88. The molecular weight excluding hydrogens is 373 g/mol. The summed E-state index contributed by atoms with van der Waals surface area (Å²) in [6, 6.07) is 13.3. The molecule has 4 nitrogen and oxygen atoms in total. The molecule has 0 aliphatic heterocycles. The molecule has 0 aliphatic carbocycles. The maximum absolute atomic E-state index is 12.9. The van der Waals surface area contributed by atoms with Crippen LogP contribution in [0.5, 0.6) is 0 Å². The molecule has 0 N–H and O–H groups in total. The van der Waals surface area contributed by atoms with E-state index in [-0.39, 0.29) is 11.4 Å². The first-order valence-electron chi connectivity index (χ1n) is 7.69. The molecule has 2 heterocycles. The lowest BCUT2D eigenvalue weighted by molar-refractivity contribution is 0.628. The largest absolute Gasteiger partial charge is 0.291 e. The van der Waals surface area contributed by atoms with Crippen molar-refractivity contribution in [1.29, 1.82) is 0 Å². The Kier molecular flexibility index (Phi) is 4.36. The molecule has 26 heavy (non-hydrogen) atoms. The molecule has 7 heteroatoms. The van der Waals surface area contributed by atoms with E-state index in [0.717, 1.165) is 11.1 Å². The van der Waals surface area contributed by atoms with Crippen molar-refractivity contribution in [3.63, 3.8) is 0 Å². The monoisotopic (exact) mass is 383 g/mol. The molecule has 2 aromatic carbocycles. The fraction of sp³-hybridized carbons (Fsp3) is 0. The second-order valence-electron chi connectivity index (χ2n) is 5.52. The number of nitrogens with zero attached hydrogens (tertiary/aromatic N) is 3. The van der Waals surface area contributed by atoms with Crippen molar-refractivity contribution < 1.29 is 4.39 Å². The highest BCUT2D eigenvalue weighted by molar-refractivity contribution is 7.15. The van der Waals surface area contributed by atoms with E-state index in [2.05, 4.69) is 10.1 Å². The van der Waals surface area contributed by atoms with Crippen molar-refractivity contribution in [2.45, 2.75) is 0 Å². The maximum Gasteiger partial charge on any atom is 0.291 e. The van der Waals surface area contributed by atoms with Crippen molar-refractivity contribution in [3.8, 4) is 0 Å². The van der Waals surface area contributed by atoms with Gasteiger partial charge in [-0.3, -0.25) is 4.79 Å². The van der Waals surface area contributed by atoms with Crippen LogP contribution in [-0.2, 0) is 0 Å². The molecule has 4 aromatic rings. The standard InChI is InChI=1S/C19H11ClFN3OS/c20-14-6-1-13(2-7-14)11-16-18(25)24-19(26-16)22-17(23-24)10-5-12-3-8-15(21)9-4-12/h1-11H/b10-5+,16-11+. The van der Waals surface area contributed by atoms with Gasteiger partial charge in [0.1, 0.15) is 5.82 Å². The van der Waals surface area contributed by atoms with Gasteiger partial charge in [0.05, 0.1) is 4.53 Å². The number of benzene rings is 2. The van der Waals surface area contributed by atoms with E-state index in [4.69, 9.17) is 11.6 Å². The third kappa shape index (κ3) is 3.42. The Morgan fingerprint density at radius 3 is 2.38 bits per heavy atom. The second-order valence-corrected chi connectivity index (χ2v) is 6.96. The number of hydrogen-bond donors (Lipinski definition) is 0. The minimum Gasteiger partial charge on any atom is -0.266 e. The third-order valence-electron chi connectivity index (χ3n) is 3.66. The molecule has 0 fully saturated rings. The number of halogens is 2. The molecular formula is C19H11ClFN3OS. The number of rotatable bonds is 3. The SMILES string of the molecule is O=c1/c(=C\c2ccc(Cl)cc2)sc2nc(/C=C/c3ccc(F)cc3)nn12. The smallest absolute Gasteiger partial charge is 0.266 e. The lowest BCUT2D eigenvalue weighted by Gasteiger charge is -1.91. The van der Waals surface area contributed by atoms with Crippen LogP contribution in [0.2, 0.25) is 5.02 Å². The summed E-state index contributed by atoms with van der Waals surface area (Å²) >= 11 is 7.14. The van der Waals surface area contributed by atoms with Crippen LogP contribution < -0.4 is 10.1 Å². The molecule has 0 amide bonds. The van der Waals surface area contributed by atoms with Crippen LogP contribution >= 0.6 is 22.9 Å². The van der Waals surface area contributed by atoms with Gasteiger partial charge in [-0.15, -0.1) is 5.10 Å². The summed E-state index contributed by atoms with van der Waals surface area (Å²) in [5.41, 5.74) is 1.49. The van der Waals surface area contributed by atoms with Crippen LogP contribution in [0.25, 0.3) is 23.2 Å². The van der Waals surface area contributed by atoms with E-state index in [1.54, 1.807) is 42.5 Å². The fourth-order valence-corrected chi connectivity index (χ4v) is 3.42. The lowest BCUT2D eigenvalue weighted by atomic mass is 10.2. The van der Waals surface area contributed by atoms with Crippen molar-refractivity contribution in [2.75, 3.05) is 0 Å². The Morgan fingerprint density at radius 1 is 1.00 bits per heavy atom. The van der Waals surface area contributed by atoms with Gasteiger partial charge in [-0.25, -0.2) is 4.39 Å². The Bertz CT molecular complexity index is 1210. The van der Waals surface area contributed by atoms with Crippen molar-refractivity contribution in [2.24, 2.45) is 0 Å². The van der Waals surface area contributed by atoms with Gasteiger partial charge in [-0.1, -0.05) is 53.3 Å². The molecule has 4 rings (SSSR count). The van der Waals surface area contributed by atoms with E-state index in [1.165, 1.54) is 28.0 Å². The van der Waals surface area contributed by atoms with E-state index in [1.807, 2.05) is 12.1 Å². The van der Waals surface area contributed by atoms with Gasteiger partial charge >= 0.3 is 0 Å². The van der Waals surface area contributed by atoms with E-state index >= 15 is 0 Å². The molecule has 0 unspecified atom stereocenters. The van der Waals surface area contributed by atoms with Gasteiger partial charge in [0.25, 0.3) is 5.56 Å². The van der Waals surface area contributed by atoms with Crippen LogP contribution in [0.3, 0.4) is 0 Å². The van der Waals surface area contributed by atoms with E-state index in [9.17, 15) is 9.18 Å². The summed E-state index contributed by atoms with van der Waals surface area (Å²) in [6.45, 7) is 0. The zero-order valence-electron chi connectivity index (χ0n) is 13.3. The van der Waals surface area contributed by atoms with Gasteiger partial charge in [-0.2, -0.15) is 9.50 Å². The molecule has 0 atom stereocenters. The fourth-order valence-electron chi connectivity index (χ4n) is 2.37. The Hall–Kier alpha value is -2.83. The number of hydrogen-bond acceptors (Lipinski definition) is 4.